The number of carboxylic acid groups (broad SMARTS) is 2. The summed E-state index contributed by atoms with van der Waals surface area (Å²) in [6.45, 7) is 7.54. The molecule has 0 saturated heterocycles. The Kier molecular flexibility index (Phi) is 14.0. The van der Waals surface area contributed by atoms with Crippen molar-refractivity contribution in [3.8, 4) is 45.4 Å². The average Bonchev–Trinajstić information content (AvgIpc) is 3.73. The van der Waals surface area contributed by atoms with Crippen LogP contribution in [0.1, 0.15) is 54.4 Å². The second kappa shape index (κ2) is 19.7. The maximum Gasteiger partial charge on any atom is 0.337 e. The van der Waals surface area contributed by atoms with E-state index in [1.54, 1.807) is 50.2 Å². The largest absolute Gasteiger partial charge is 0.493 e. The summed E-state index contributed by atoms with van der Waals surface area (Å²) in [5.74, 6) is -2.24. The molecule has 0 aliphatic heterocycles. The summed E-state index contributed by atoms with van der Waals surface area (Å²) in [6.07, 6.45) is 2.92. The zero-order valence-electron chi connectivity index (χ0n) is 34.7. The maximum absolute atomic E-state index is 11.7. The monoisotopic (exact) mass is 874 g/mol. The SMILES string of the molecule is Cc1ccccc1-c1ccc(C(=O)O)c(N=Cc2c(C)nn(-c3ccccc3)c2O)c1.Cc1ccccc1-c1ccc(C(=O)O)c(N=Cc2c(C)nn(-c3ccccc3)c2O)c1.[Cr]. The van der Waals surface area contributed by atoms with Crippen LogP contribution in [0.25, 0.3) is 33.6 Å². The second-order valence-electron chi connectivity index (χ2n) is 14.4. The Morgan fingerprint density at radius 2 is 0.857 bits per heavy atom. The first-order valence-electron chi connectivity index (χ1n) is 19.5. The van der Waals surface area contributed by atoms with Crippen molar-refractivity contribution in [2.24, 2.45) is 9.98 Å². The van der Waals surface area contributed by atoms with E-state index in [0.717, 1.165) is 44.8 Å². The first-order chi connectivity index (χ1) is 29.9. The topological polar surface area (TPSA) is 175 Å². The number of nitrogens with zero attached hydrogens (tertiary/aromatic N) is 6. The van der Waals surface area contributed by atoms with Crippen molar-refractivity contribution in [1.82, 2.24) is 19.6 Å². The van der Waals surface area contributed by atoms with Gasteiger partial charge in [0.2, 0.25) is 11.8 Å². The summed E-state index contributed by atoms with van der Waals surface area (Å²) < 4.78 is 2.86. The molecule has 0 amide bonds. The number of para-hydroxylation sites is 2. The number of hydrogen-bond acceptors (Lipinski definition) is 8. The number of aliphatic imine (C=N–C) groups is 2. The molecule has 0 aliphatic carbocycles. The summed E-state index contributed by atoms with van der Waals surface area (Å²) in [5.41, 5.74) is 10.2. The van der Waals surface area contributed by atoms with Gasteiger partial charge in [-0.2, -0.15) is 10.2 Å². The van der Waals surface area contributed by atoms with Gasteiger partial charge in [-0.1, -0.05) is 97.1 Å². The fourth-order valence-electron chi connectivity index (χ4n) is 6.89. The number of aromatic nitrogens is 4. The van der Waals surface area contributed by atoms with Gasteiger partial charge < -0.3 is 20.4 Å². The summed E-state index contributed by atoms with van der Waals surface area (Å²) in [7, 11) is 0. The summed E-state index contributed by atoms with van der Waals surface area (Å²) in [6, 6.07) is 44.5. The van der Waals surface area contributed by atoms with Crippen molar-refractivity contribution in [3.05, 3.63) is 190 Å². The number of hydrogen-bond donors (Lipinski definition) is 4. The molecule has 0 bridgehead atoms. The van der Waals surface area contributed by atoms with Crippen LogP contribution in [-0.2, 0) is 17.4 Å². The zero-order chi connectivity index (χ0) is 43.9. The molecule has 0 atom stereocenters. The quantitative estimate of drug-likeness (QED) is 0.0982. The van der Waals surface area contributed by atoms with Gasteiger partial charge in [-0.3, -0.25) is 9.98 Å². The molecule has 8 aromatic rings. The third kappa shape index (κ3) is 9.87. The molecule has 63 heavy (non-hydrogen) atoms. The molecule has 13 heteroatoms. The minimum Gasteiger partial charge on any atom is -0.493 e. The summed E-state index contributed by atoms with van der Waals surface area (Å²) in [5, 5.41) is 49.3. The molecule has 0 saturated carbocycles. The summed E-state index contributed by atoms with van der Waals surface area (Å²) in [4.78, 5) is 32.3. The van der Waals surface area contributed by atoms with E-state index < -0.39 is 11.9 Å². The van der Waals surface area contributed by atoms with E-state index in [0.29, 0.717) is 33.9 Å². The van der Waals surface area contributed by atoms with Gasteiger partial charge in [0.25, 0.3) is 0 Å². The van der Waals surface area contributed by atoms with Crippen molar-refractivity contribution < 1.29 is 47.4 Å². The van der Waals surface area contributed by atoms with Crippen molar-refractivity contribution in [1.29, 1.82) is 0 Å². The fraction of sp³-hybridized carbons (Fsp3) is 0.0800. The number of carboxylic acids is 2. The van der Waals surface area contributed by atoms with Gasteiger partial charge in [-0.05, 0) is 110 Å². The maximum atomic E-state index is 11.7. The Balaban J connectivity index is 0.000000206. The van der Waals surface area contributed by atoms with Gasteiger partial charge >= 0.3 is 11.9 Å². The van der Waals surface area contributed by atoms with Gasteiger partial charge in [0, 0.05) is 29.8 Å². The molecule has 0 unspecified atom stereocenters. The van der Waals surface area contributed by atoms with E-state index in [4.69, 9.17) is 0 Å². The minimum absolute atomic E-state index is 0. The molecule has 12 nitrogen and oxygen atoms in total. The first-order valence-corrected chi connectivity index (χ1v) is 19.5. The predicted molar refractivity (Wildman–Crippen MR) is 242 cm³/mol. The molecule has 0 radical (unpaired) electrons. The van der Waals surface area contributed by atoms with Crippen molar-refractivity contribution in [3.63, 3.8) is 0 Å². The van der Waals surface area contributed by atoms with E-state index in [9.17, 15) is 30.0 Å². The normalized spacial score (nSPS) is 11.0. The molecule has 2 aromatic heterocycles. The molecular weight excluding hydrogens is 833 g/mol. The van der Waals surface area contributed by atoms with Crippen LogP contribution in [0.3, 0.4) is 0 Å². The van der Waals surface area contributed by atoms with Crippen LogP contribution in [-0.4, -0.2) is 64.4 Å². The molecule has 4 N–H and O–H groups in total. The van der Waals surface area contributed by atoms with Crippen molar-refractivity contribution in [2.75, 3.05) is 0 Å². The number of aromatic carboxylic acids is 2. The fourth-order valence-corrected chi connectivity index (χ4v) is 6.89. The average molecular weight is 875 g/mol. The molecule has 0 spiro atoms. The molecular formula is C50H42CrN6O6. The third-order valence-electron chi connectivity index (χ3n) is 10.2. The van der Waals surface area contributed by atoms with Gasteiger partial charge in [0.1, 0.15) is 0 Å². The minimum atomic E-state index is -1.07. The third-order valence-corrected chi connectivity index (χ3v) is 10.2. The van der Waals surface area contributed by atoms with Crippen LogP contribution in [0.15, 0.2) is 156 Å². The van der Waals surface area contributed by atoms with Crippen LogP contribution < -0.4 is 0 Å². The Bertz CT molecular complexity index is 2790. The van der Waals surface area contributed by atoms with Crippen LogP contribution in [0.2, 0.25) is 0 Å². The first kappa shape index (κ1) is 44.7. The van der Waals surface area contributed by atoms with E-state index in [-0.39, 0.29) is 40.2 Å². The molecule has 0 aliphatic rings. The number of aromatic hydroxyl groups is 2. The Morgan fingerprint density at radius 1 is 0.508 bits per heavy atom. The Labute approximate surface area is 374 Å². The zero-order valence-corrected chi connectivity index (χ0v) is 36.0. The summed E-state index contributed by atoms with van der Waals surface area (Å²) >= 11 is 0. The molecule has 6 aromatic carbocycles. The predicted octanol–water partition coefficient (Wildman–Crippen LogP) is 10.6. The standard InChI is InChI=1S/2C25H21N3O3.Cr/c2*1-16-8-6-7-11-20(16)18-12-13-21(25(30)31)23(14-18)26-15-22-17(2)27-28(24(22)29)19-9-4-3-5-10-19;/h2*3-15,29H,1-2H3,(H,30,31);. The van der Waals surface area contributed by atoms with Crippen LogP contribution >= 0.6 is 0 Å². The van der Waals surface area contributed by atoms with E-state index in [1.807, 2.05) is 123 Å². The van der Waals surface area contributed by atoms with E-state index >= 15 is 0 Å². The van der Waals surface area contributed by atoms with Crippen LogP contribution in [0, 0.1) is 27.7 Å². The number of carbonyl (C=O) groups is 2. The van der Waals surface area contributed by atoms with Crippen LogP contribution in [0.5, 0.6) is 11.8 Å². The number of rotatable bonds is 10. The molecule has 2 heterocycles. The van der Waals surface area contributed by atoms with Gasteiger partial charge in [0.15, 0.2) is 0 Å². The van der Waals surface area contributed by atoms with Crippen molar-refractivity contribution in [2.45, 2.75) is 27.7 Å². The van der Waals surface area contributed by atoms with Gasteiger partial charge in [-0.25, -0.2) is 19.0 Å². The second-order valence-corrected chi connectivity index (χ2v) is 14.4. The van der Waals surface area contributed by atoms with Gasteiger partial charge in [-0.15, -0.1) is 0 Å². The van der Waals surface area contributed by atoms with Gasteiger partial charge in [0.05, 0.1) is 56.4 Å². The van der Waals surface area contributed by atoms with Crippen LogP contribution in [0.4, 0.5) is 11.4 Å². The Morgan fingerprint density at radius 3 is 1.21 bits per heavy atom. The molecule has 8 rings (SSSR count). The van der Waals surface area contributed by atoms with E-state index in [2.05, 4.69) is 20.2 Å². The van der Waals surface area contributed by atoms with E-state index in [1.165, 1.54) is 21.8 Å². The smallest absolute Gasteiger partial charge is 0.337 e. The Hall–Kier alpha value is -7.85. The van der Waals surface area contributed by atoms with Crippen molar-refractivity contribution >= 4 is 35.7 Å². The number of aryl methyl sites for hydroxylation is 4. The molecule has 314 valence electrons. The molecule has 0 fully saturated rings. The number of benzene rings is 6.